The Hall–Kier alpha value is -0.140. The summed E-state index contributed by atoms with van der Waals surface area (Å²) < 4.78 is 31.2. The summed E-state index contributed by atoms with van der Waals surface area (Å²) in [7, 11) is 0. The predicted molar refractivity (Wildman–Crippen MR) is 99.3 cm³/mol. The van der Waals surface area contributed by atoms with Crippen LogP contribution in [-0.4, -0.2) is 11.3 Å². The maximum Gasteiger partial charge on any atom is 0.118 e. The van der Waals surface area contributed by atoms with Gasteiger partial charge in [-0.1, -0.05) is 68.2 Å². The molecule has 2 unspecified atom stereocenters. The van der Waals surface area contributed by atoms with Gasteiger partial charge in [-0.2, -0.15) is 0 Å². The van der Waals surface area contributed by atoms with E-state index in [2.05, 4.69) is 34.6 Å². The molecule has 0 spiro atoms. The summed E-state index contributed by atoms with van der Waals surface area (Å²) in [6.07, 6.45) is 4.43. The van der Waals surface area contributed by atoms with E-state index in [4.69, 9.17) is 0 Å². The van der Waals surface area contributed by atoms with Crippen molar-refractivity contribution in [3.8, 4) is 0 Å². The molecule has 2 heteroatoms. The molecular weight excluding hydrogens is 290 g/mol. The van der Waals surface area contributed by atoms with Gasteiger partial charge in [-0.05, 0) is 50.4 Å². The standard InChI is InChI=1S/C21H42F2/c1-10-18(11-2)20(9,22)17(7)14-15-21(23,16(5)6)19(8,12-3)13-4/h16-18H,10-15H2,1-9H3/t17?,20-,21?/m0/s1. The predicted octanol–water partition coefficient (Wildman–Crippen LogP) is 7.76. The summed E-state index contributed by atoms with van der Waals surface area (Å²) in [6, 6.07) is 0. The number of rotatable bonds is 11. The number of hydrogen-bond acceptors (Lipinski definition) is 0. The highest BCUT2D eigenvalue weighted by Gasteiger charge is 2.49. The number of hydrogen-bond donors (Lipinski definition) is 0. The smallest absolute Gasteiger partial charge is 0.118 e. The first-order valence-corrected chi connectivity index (χ1v) is 9.84. The van der Waals surface area contributed by atoms with Crippen LogP contribution in [0.4, 0.5) is 8.78 Å². The van der Waals surface area contributed by atoms with Crippen molar-refractivity contribution in [3.63, 3.8) is 0 Å². The maximum absolute atomic E-state index is 16.0. The Balaban J connectivity index is 5.22. The third-order valence-corrected chi connectivity index (χ3v) is 7.17. The highest BCUT2D eigenvalue weighted by molar-refractivity contribution is 4.98. The molecular formula is C21H42F2. The summed E-state index contributed by atoms with van der Waals surface area (Å²) in [6.45, 7) is 18.0. The van der Waals surface area contributed by atoms with Gasteiger partial charge in [-0.25, -0.2) is 8.78 Å². The van der Waals surface area contributed by atoms with E-state index in [9.17, 15) is 0 Å². The zero-order valence-electron chi connectivity index (χ0n) is 17.2. The van der Waals surface area contributed by atoms with Crippen molar-refractivity contribution in [2.75, 3.05) is 0 Å². The van der Waals surface area contributed by atoms with Crippen LogP contribution in [0.15, 0.2) is 0 Å². The van der Waals surface area contributed by atoms with Crippen molar-refractivity contribution in [1.82, 2.24) is 0 Å². The lowest BCUT2D eigenvalue weighted by atomic mass is 9.62. The molecule has 0 radical (unpaired) electrons. The third-order valence-electron chi connectivity index (χ3n) is 7.17. The van der Waals surface area contributed by atoms with E-state index in [1.165, 1.54) is 0 Å². The van der Waals surface area contributed by atoms with Crippen LogP contribution in [0, 0.1) is 23.2 Å². The lowest BCUT2D eigenvalue weighted by molar-refractivity contribution is -0.0621. The molecule has 0 nitrogen and oxygen atoms in total. The van der Waals surface area contributed by atoms with E-state index < -0.39 is 11.3 Å². The van der Waals surface area contributed by atoms with Crippen LogP contribution < -0.4 is 0 Å². The fourth-order valence-electron chi connectivity index (χ4n) is 4.32. The molecule has 0 aromatic heterocycles. The summed E-state index contributed by atoms with van der Waals surface area (Å²) in [4.78, 5) is 0. The SMILES string of the molecule is CCC(CC)[C@@](C)(F)C(C)CCC(F)(C(C)C)C(C)(CC)CC. The molecule has 3 atom stereocenters. The average molecular weight is 333 g/mol. The molecule has 140 valence electrons. The van der Waals surface area contributed by atoms with Crippen LogP contribution >= 0.6 is 0 Å². The Morgan fingerprint density at radius 3 is 1.57 bits per heavy atom. The Labute approximate surface area is 144 Å². The molecule has 0 bridgehead atoms. The molecule has 0 aliphatic heterocycles. The molecule has 0 saturated heterocycles. The van der Waals surface area contributed by atoms with E-state index in [0.29, 0.717) is 12.8 Å². The molecule has 23 heavy (non-hydrogen) atoms. The maximum atomic E-state index is 16.0. The minimum absolute atomic E-state index is 0.0429. The number of halogens is 2. The van der Waals surface area contributed by atoms with Gasteiger partial charge in [0.25, 0.3) is 0 Å². The highest BCUT2D eigenvalue weighted by atomic mass is 19.1. The Kier molecular flexibility index (Phi) is 8.76. The highest BCUT2D eigenvalue weighted by Crippen LogP contribution is 2.50. The Morgan fingerprint density at radius 2 is 1.26 bits per heavy atom. The molecule has 0 rings (SSSR count). The van der Waals surface area contributed by atoms with Crippen molar-refractivity contribution in [1.29, 1.82) is 0 Å². The summed E-state index contributed by atoms with van der Waals surface area (Å²) in [5.41, 5.74) is -2.77. The van der Waals surface area contributed by atoms with Gasteiger partial charge < -0.3 is 0 Å². The summed E-state index contributed by atoms with van der Waals surface area (Å²) in [5, 5.41) is 0. The molecule has 0 N–H and O–H groups in total. The van der Waals surface area contributed by atoms with Gasteiger partial charge in [0.1, 0.15) is 11.3 Å². The molecule has 0 heterocycles. The van der Waals surface area contributed by atoms with Crippen LogP contribution in [-0.2, 0) is 0 Å². The minimum Gasteiger partial charge on any atom is -0.244 e. The second kappa shape index (κ2) is 8.81. The summed E-state index contributed by atoms with van der Waals surface area (Å²) >= 11 is 0. The van der Waals surface area contributed by atoms with Gasteiger partial charge in [-0.3, -0.25) is 0 Å². The first-order chi connectivity index (χ1) is 10.5. The van der Waals surface area contributed by atoms with Gasteiger partial charge in [0.15, 0.2) is 0 Å². The van der Waals surface area contributed by atoms with Crippen LogP contribution in [0.2, 0.25) is 0 Å². The first kappa shape index (κ1) is 22.9. The molecule has 0 saturated carbocycles. The van der Waals surface area contributed by atoms with Gasteiger partial charge in [0, 0.05) is 5.41 Å². The molecule has 0 aliphatic carbocycles. The lowest BCUT2D eigenvalue weighted by Gasteiger charge is -2.46. The van der Waals surface area contributed by atoms with Crippen molar-refractivity contribution < 1.29 is 8.78 Å². The lowest BCUT2D eigenvalue weighted by Crippen LogP contribution is -2.47. The number of alkyl halides is 2. The quantitative estimate of drug-likeness (QED) is 0.362. The van der Waals surface area contributed by atoms with Crippen molar-refractivity contribution in [2.24, 2.45) is 23.2 Å². The summed E-state index contributed by atoms with van der Waals surface area (Å²) in [5.74, 6) is -0.0906. The van der Waals surface area contributed by atoms with Gasteiger partial charge in [0.2, 0.25) is 0 Å². The van der Waals surface area contributed by atoms with E-state index in [1.807, 2.05) is 20.8 Å². The molecule has 0 amide bonds. The van der Waals surface area contributed by atoms with Crippen LogP contribution in [0.3, 0.4) is 0 Å². The van der Waals surface area contributed by atoms with Gasteiger partial charge >= 0.3 is 0 Å². The Morgan fingerprint density at radius 1 is 0.826 bits per heavy atom. The van der Waals surface area contributed by atoms with Crippen LogP contribution in [0.5, 0.6) is 0 Å². The van der Waals surface area contributed by atoms with Crippen molar-refractivity contribution in [2.45, 2.75) is 112 Å². The van der Waals surface area contributed by atoms with E-state index in [-0.39, 0.29) is 23.2 Å². The second-order valence-corrected chi connectivity index (χ2v) is 8.39. The van der Waals surface area contributed by atoms with E-state index in [1.54, 1.807) is 6.92 Å². The van der Waals surface area contributed by atoms with Gasteiger partial charge in [-0.15, -0.1) is 0 Å². The molecule has 0 aromatic carbocycles. The zero-order chi connectivity index (χ0) is 18.5. The Bertz CT molecular complexity index is 327. The second-order valence-electron chi connectivity index (χ2n) is 8.39. The van der Waals surface area contributed by atoms with Crippen LogP contribution in [0.1, 0.15) is 101 Å². The van der Waals surface area contributed by atoms with Crippen LogP contribution in [0.25, 0.3) is 0 Å². The average Bonchev–Trinajstić information content (AvgIpc) is 2.51. The fraction of sp³-hybridized carbons (Fsp3) is 1.00. The monoisotopic (exact) mass is 332 g/mol. The van der Waals surface area contributed by atoms with Crippen molar-refractivity contribution >= 4 is 0 Å². The normalized spacial score (nSPS) is 19.7. The largest absolute Gasteiger partial charge is 0.244 e. The first-order valence-electron chi connectivity index (χ1n) is 9.84. The molecule has 0 fully saturated rings. The van der Waals surface area contributed by atoms with E-state index >= 15 is 8.78 Å². The van der Waals surface area contributed by atoms with E-state index in [0.717, 1.165) is 25.7 Å². The van der Waals surface area contributed by atoms with Crippen molar-refractivity contribution in [3.05, 3.63) is 0 Å². The minimum atomic E-state index is -1.23. The molecule has 0 aromatic rings. The zero-order valence-corrected chi connectivity index (χ0v) is 17.2. The topological polar surface area (TPSA) is 0 Å². The third kappa shape index (κ3) is 4.69. The fourth-order valence-corrected chi connectivity index (χ4v) is 4.32. The molecule has 0 aliphatic rings. The van der Waals surface area contributed by atoms with Gasteiger partial charge in [0.05, 0.1) is 0 Å².